The van der Waals surface area contributed by atoms with Gasteiger partial charge < -0.3 is 9.84 Å². The van der Waals surface area contributed by atoms with Gasteiger partial charge in [0.1, 0.15) is 18.0 Å². The molecule has 0 aliphatic rings. The van der Waals surface area contributed by atoms with Crippen molar-refractivity contribution < 1.29 is 14.2 Å². The molecule has 0 saturated carbocycles. The van der Waals surface area contributed by atoms with E-state index in [-0.39, 0.29) is 5.56 Å². The van der Waals surface area contributed by atoms with Crippen LogP contribution in [0, 0.1) is 12.7 Å². The number of hydrogen-bond donors (Lipinski definition) is 1. The topological polar surface area (TPSA) is 29.5 Å². The first kappa shape index (κ1) is 13.7. The van der Waals surface area contributed by atoms with Crippen molar-refractivity contribution in [1.82, 2.24) is 0 Å². The summed E-state index contributed by atoms with van der Waals surface area (Å²) in [6, 6.07) is 14.0. The Labute approximate surface area is 112 Å². The van der Waals surface area contributed by atoms with Gasteiger partial charge in [0.25, 0.3) is 0 Å². The molecular weight excluding hydrogens is 243 g/mol. The molecule has 2 atom stereocenters. The van der Waals surface area contributed by atoms with Crippen LogP contribution in [-0.4, -0.2) is 12.2 Å². The molecule has 2 aromatic rings. The summed E-state index contributed by atoms with van der Waals surface area (Å²) in [6.07, 6.45) is -1.62. The van der Waals surface area contributed by atoms with E-state index in [1.54, 1.807) is 12.1 Å². The van der Waals surface area contributed by atoms with E-state index in [2.05, 4.69) is 0 Å². The minimum absolute atomic E-state index is 0.260. The van der Waals surface area contributed by atoms with Crippen LogP contribution in [0.5, 0.6) is 0 Å². The number of halogens is 1. The van der Waals surface area contributed by atoms with E-state index in [0.29, 0.717) is 0 Å². The zero-order valence-corrected chi connectivity index (χ0v) is 11.0. The summed E-state index contributed by atoms with van der Waals surface area (Å²) in [7, 11) is 1.51. The molecule has 0 aromatic heterocycles. The molecule has 0 spiro atoms. The van der Waals surface area contributed by atoms with Crippen molar-refractivity contribution in [2.45, 2.75) is 19.1 Å². The molecule has 0 fully saturated rings. The van der Waals surface area contributed by atoms with Gasteiger partial charge in [-0.05, 0) is 18.6 Å². The van der Waals surface area contributed by atoms with Crippen LogP contribution in [-0.2, 0) is 4.74 Å². The molecule has 0 heterocycles. The Morgan fingerprint density at radius 3 is 2.42 bits per heavy atom. The number of hydrogen-bond acceptors (Lipinski definition) is 2. The molecule has 2 unspecified atom stereocenters. The van der Waals surface area contributed by atoms with E-state index in [0.717, 1.165) is 11.1 Å². The largest absolute Gasteiger partial charge is 0.385 e. The SMILES string of the molecule is COC(c1ccccc1)C(O)c1cc(C)ccc1F. The first-order valence-corrected chi connectivity index (χ1v) is 6.15. The fraction of sp³-hybridized carbons (Fsp3) is 0.250. The Kier molecular flexibility index (Phi) is 4.30. The first-order chi connectivity index (χ1) is 9.13. The van der Waals surface area contributed by atoms with Crippen LogP contribution in [0.2, 0.25) is 0 Å². The summed E-state index contributed by atoms with van der Waals surface area (Å²) in [4.78, 5) is 0. The second kappa shape index (κ2) is 5.95. The van der Waals surface area contributed by atoms with E-state index in [1.807, 2.05) is 37.3 Å². The first-order valence-electron chi connectivity index (χ1n) is 6.15. The molecule has 0 amide bonds. The third-order valence-corrected chi connectivity index (χ3v) is 3.14. The number of benzene rings is 2. The average Bonchev–Trinajstić information content (AvgIpc) is 2.43. The number of ether oxygens (including phenoxy) is 1. The molecule has 19 heavy (non-hydrogen) atoms. The van der Waals surface area contributed by atoms with Crippen LogP contribution in [0.3, 0.4) is 0 Å². The van der Waals surface area contributed by atoms with Crippen LogP contribution >= 0.6 is 0 Å². The predicted octanol–water partition coefficient (Wildman–Crippen LogP) is 3.56. The lowest BCUT2D eigenvalue weighted by molar-refractivity contribution is -0.0165. The van der Waals surface area contributed by atoms with Gasteiger partial charge in [-0.2, -0.15) is 0 Å². The van der Waals surface area contributed by atoms with E-state index in [4.69, 9.17) is 4.74 Å². The molecule has 3 heteroatoms. The minimum atomic E-state index is -1.03. The number of rotatable bonds is 4. The fourth-order valence-corrected chi connectivity index (χ4v) is 2.14. The molecular formula is C16H17FO2. The highest BCUT2D eigenvalue weighted by atomic mass is 19.1. The Morgan fingerprint density at radius 1 is 1.11 bits per heavy atom. The molecule has 0 bridgehead atoms. The van der Waals surface area contributed by atoms with E-state index >= 15 is 0 Å². The highest BCUT2D eigenvalue weighted by Crippen LogP contribution is 2.33. The van der Waals surface area contributed by atoms with Gasteiger partial charge in [0.15, 0.2) is 0 Å². The third kappa shape index (κ3) is 3.00. The van der Waals surface area contributed by atoms with Crippen molar-refractivity contribution in [3.63, 3.8) is 0 Å². The van der Waals surface area contributed by atoms with Crippen molar-refractivity contribution in [3.05, 3.63) is 71.0 Å². The molecule has 2 rings (SSSR count). The fourth-order valence-electron chi connectivity index (χ4n) is 2.14. The second-order valence-corrected chi connectivity index (χ2v) is 4.54. The Morgan fingerprint density at radius 2 is 1.79 bits per heavy atom. The smallest absolute Gasteiger partial charge is 0.129 e. The maximum atomic E-state index is 13.8. The maximum Gasteiger partial charge on any atom is 0.129 e. The summed E-state index contributed by atoms with van der Waals surface area (Å²) in [5.41, 5.74) is 1.98. The normalized spacial score (nSPS) is 14.1. The van der Waals surface area contributed by atoms with Crippen molar-refractivity contribution in [3.8, 4) is 0 Å². The van der Waals surface area contributed by atoms with Crippen molar-refractivity contribution in [2.24, 2.45) is 0 Å². The molecule has 100 valence electrons. The predicted molar refractivity (Wildman–Crippen MR) is 72.3 cm³/mol. The van der Waals surface area contributed by atoms with Gasteiger partial charge in [0.05, 0.1) is 0 Å². The summed E-state index contributed by atoms with van der Waals surface area (Å²) in [5.74, 6) is -0.420. The number of aliphatic hydroxyl groups is 1. The van der Waals surface area contributed by atoms with Crippen LogP contribution < -0.4 is 0 Å². The van der Waals surface area contributed by atoms with Gasteiger partial charge in [-0.3, -0.25) is 0 Å². The lowest BCUT2D eigenvalue weighted by Gasteiger charge is -2.23. The number of aliphatic hydroxyl groups excluding tert-OH is 1. The molecule has 0 radical (unpaired) electrons. The van der Waals surface area contributed by atoms with Gasteiger partial charge >= 0.3 is 0 Å². The zero-order chi connectivity index (χ0) is 13.8. The molecule has 0 saturated heterocycles. The molecule has 2 nitrogen and oxygen atoms in total. The summed E-state index contributed by atoms with van der Waals surface area (Å²) in [6.45, 7) is 1.86. The second-order valence-electron chi connectivity index (χ2n) is 4.54. The van der Waals surface area contributed by atoms with Gasteiger partial charge in [0.2, 0.25) is 0 Å². The van der Waals surface area contributed by atoms with Gasteiger partial charge in [-0.1, -0.05) is 48.0 Å². The summed E-state index contributed by atoms with van der Waals surface area (Å²) >= 11 is 0. The Balaban J connectivity index is 2.36. The highest BCUT2D eigenvalue weighted by Gasteiger charge is 2.24. The maximum absolute atomic E-state index is 13.8. The van der Waals surface area contributed by atoms with Crippen molar-refractivity contribution in [2.75, 3.05) is 7.11 Å². The number of methoxy groups -OCH3 is 1. The average molecular weight is 260 g/mol. The summed E-state index contributed by atoms with van der Waals surface area (Å²) in [5, 5.41) is 10.4. The lowest BCUT2D eigenvalue weighted by Crippen LogP contribution is -2.14. The molecule has 0 aliphatic heterocycles. The van der Waals surface area contributed by atoms with Crippen LogP contribution in [0.4, 0.5) is 4.39 Å². The lowest BCUT2D eigenvalue weighted by atomic mass is 9.96. The van der Waals surface area contributed by atoms with Gasteiger partial charge in [-0.25, -0.2) is 4.39 Å². The van der Waals surface area contributed by atoms with E-state index < -0.39 is 18.0 Å². The Bertz CT molecular complexity index is 540. The summed E-state index contributed by atoms with van der Waals surface area (Å²) < 4.78 is 19.1. The minimum Gasteiger partial charge on any atom is -0.385 e. The van der Waals surface area contributed by atoms with Crippen molar-refractivity contribution >= 4 is 0 Å². The zero-order valence-electron chi connectivity index (χ0n) is 11.0. The molecule has 2 aromatic carbocycles. The van der Waals surface area contributed by atoms with E-state index in [1.165, 1.54) is 13.2 Å². The number of aryl methyl sites for hydroxylation is 1. The quantitative estimate of drug-likeness (QED) is 0.910. The van der Waals surface area contributed by atoms with Gasteiger partial charge in [0, 0.05) is 12.7 Å². The van der Waals surface area contributed by atoms with Crippen LogP contribution in [0.1, 0.15) is 28.9 Å². The molecule has 1 N–H and O–H groups in total. The monoisotopic (exact) mass is 260 g/mol. The van der Waals surface area contributed by atoms with Crippen LogP contribution in [0.15, 0.2) is 48.5 Å². The Hall–Kier alpha value is -1.71. The van der Waals surface area contributed by atoms with Crippen molar-refractivity contribution in [1.29, 1.82) is 0 Å². The highest BCUT2D eigenvalue weighted by molar-refractivity contribution is 5.29. The van der Waals surface area contributed by atoms with Crippen LogP contribution in [0.25, 0.3) is 0 Å². The third-order valence-electron chi connectivity index (χ3n) is 3.14. The van der Waals surface area contributed by atoms with Gasteiger partial charge in [-0.15, -0.1) is 0 Å². The molecule has 0 aliphatic carbocycles. The van der Waals surface area contributed by atoms with E-state index in [9.17, 15) is 9.50 Å². The standard InChI is InChI=1S/C16H17FO2/c1-11-8-9-14(17)13(10-11)15(18)16(19-2)12-6-4-3-5-7-12/h3-10,15-16,18H,1-2H3.